The largest absolute Gasteiger partial charge is 0.456 e. The number of rotatable bonds is 9. The van der Waals surface area contributed by atoms with Gasteiger partial charge in [-0.1, -0.05) is 249 Å². The molecule has 400 valence electrons. The van der Waals surface area contributed by atoms with Gasteiger partial charge in [-0.3, -0.25) is 0 Å². The van der Waals surface area contributed by atoms with Gasteiger partial charge < -0.3 is 8.98 Å². The van der Waals surface area contributed by atoms with Crippen molar-refractivity contribution in [2.45, 2.75) is 0 Å². The molecule has 0 aliphatic rings. The van der Waals surface area contributed by atoms with Crippen LogP contribution in [-0.2, 0) is 0 Å². The third kappa shape index (κ3) is 8.05. The molecule has 0 aliphatic carbocycles. The number of furan rings is 1. The normalized spacial score (nSPS) is 11.7. The average Bonchev–Trinajstić information content (AvgIpc) is 0.849. The van der Waals surface area contributed by atoms with Crippen LogP contribution in [0.15, 0.2) is 308 Å². The third-order valence-electron chi connectivity index (χ3n) is 17.2. The summed E-state index contributed by atoms with van der Waals surface area (Å²) in [5.41, 5.74) is 18.5. The van der Waals surface area contributed by atoms with Gasteiger partial charge >= 0.3 is 0 Å². The van der Waals surface area contributed by atoms with Gasteiger partial charge in [-0.25, -0.2) is 15.0 Å². The van der Waals surface area contributed by atoms with Crippen LogP contribution in [-0.4, -0.2) is 19.5 Å². The molecule has 0 N–H and O–H groups in total. The predicted octanol–water partition coefficient (Wildman–Crippen LogP) is 21.7. The summed E-state index contributed by atoms with van der Waals surface area (Å²) in [5, 5.41) is 11.4. The number of hydrogen-bond donors (Lipinski definition) is 0. The molecule has 3 heterocycles. The van der Waals surface area contributed by atoms with E-state index in [0.717, 1.165) is 110 Å². The SMILES string of the molecule is c1ccc(-c2ccc3c(c2)c2cc(-c4ccccc4)ccc2n3-c2ccc3c(c2)oc2cc(-c4c(-c5nc(-c6ccccc6)nc(-c6ccccc6)n5)c(-c5ccccc5)c5c6ccccc6c6ccccc6c5c4-c4ccccc4)ccc23)cc1. The fourth-order valence-corrected chi connectivity index (χ4v) is 13.4. The zero-order valence-corrected chi connectivity index (χ0v) is 46.6. The summed E-state index contributed by atoms with van der Waals surface area (Å²) >= 11 is 0. The van der Waals surface area contributed by atoms with Crippen LogP contribution in [0.4, 0.5) is 0 Å². The standard InChI is InChI=1S/C81H50N4O/c1-7-23-51(24-8-1)57-40-45-69-67(47-57)68-48-58(52-25-9-2-10-26-52)41-46-70(68)85(69)60-42-44-64-63-43-39-59(49-71(63)86-72(64)50-60)75-73(53-27-11-3-12-28-53)76-65-37-21-19-35-61(65)62-36-20-22-38-66(62)77(76)74(54-29-13-4-14-30-54)78(75)81-83-79(55-31-15-5-16-32-55)82-80(84-81)56-33-17-6-18-34-56/h1-50H. The molecule has 0 aliphatic heterocycles. The zero-order valence-electron chi connectivity index (χ0n) is 46.6. The Labute approximate surface area is 496 Å². The summed E-state index contributed by atoms with van der Waals surface area (Å²) in [6.45, 7) is 0. The van der Waals surface area contributed by atoms with Crippen LogP contribution in [0, 0.1) is 0 Å². The van der Waals surface area contributed by atoms with Crippen molar-refractivity contribution in [2.24, 2.45) is 0 Å². The highest BCUT2D eigenvalue weighted by atomic mass is 16.3. The van der Waals surface area contributed by atoms with Crippen molar-refractivity contribution >= 4 is 76.1 Å². The molecule has 5 heteroatoms. The number of hydrogen-bond acceptors (Lipinski definition) is 4. The highest BCUT2D eigenvalue weighted by molar-refractivity contribution is 6.35. The molecule has 17 aromatic rings. The van der Waals surface area contributed by atoms with Gasteiger partial charge in [0.25, 0.3) is 0 Å². The van der Waals surface area contributed by atoms with Gasteiger partial charge in [0.2, 0.25) is 0 Å². The molecule has 86 heavy (non-hydrogen) atoms. The zero-order chi connectivity index (χ0) is 56.7. The fraction of sp³-hybridized carbons (Fsp3) is 0. The molecule has 17 rings (SSSR count). The first kappa shape index (κ1) is 49.1. The van der Waals surface area contributed by atoms with Crippen molar-refractivity contribution in [3.8, 4) is 95.5 Å². The Hall–Kier alpha value is -11.5. The van der Waals surface area contributed by atoms with Crippen LogP contribution >= 0.6 is 0 Å². The van der Waals surface area contributed by atoms with Gasteiger partial charge in [0.15, 0.2) is 17.5 Å². The maximum atomic E-state index is 7.25. The molecule has 0 saturated carbocycles. The van der Waals surface area contributed by atoms with E-state index in [2.05, 4.69) is 271 Å². The maximum Gasteiger partial charge on any atom is 0.165 e. The molecule has 0 spiro atoms. The van der Waals surface area contributed by atoms with Crippen LogP contribution < -0.4 is 0 Å². The number of benzene rings is 14. The van der Waals surface area contributed by atoms with E-state index in [9.17, 15) is 0 Å². The molecule has 0 amide bonds. The topological polar surface area (TPSA) is 56.7 Å². The molecule has 0 radical (unpaired) electrons. The van der Waals surface area contributed by atoms with Crippen molar-refractivity contribution in [3.05, 3.63) is 303 Å². The second-order valence-corrected chi connectivity index (χ2v) is 22.1. The lowest BCUT2D eigenvalue weighted by Gasteiger charge is -2.26. The molecule has 0 atom stereocenters. The van der Waals surface area contributed by atoms with Crippen LogP contribution in [0.1, 0.15) is 0 Å². The summed E-state index contributed by atoms with van der Waals surface area (Å²) in [4.78, 5) is 16.5. The van der Waals surface area contributed by atoms with E-state index in [1.165, 1.54) is 43.8 Å². The molecule has 0 saturated heterocycles. The van der Waals surface area contributed by atoms with E-state index in [4.69, 9.17) is 19.4 Å². The van der Waals surface area contributed by atoms with Crippen molar-refractivity contribution in [1.29, 1.82) is 0 Å². The average molecular weight is 1100 g/mol. The number of fused-ring (bicyclic) bond motifs is 12. The van der Waals surface area contributed by atoms with Gasteiger partial charge in [0.05, 0.1) is 11.0 Å². The molecule has 0 unspecified atom stereocenters. The Balaban J connectivity index is 0.963. The van der Waals surface area contributed by atoms with Gasteiger partial charge in [-0.2, -0.15) is 0 Å². The van der Waals surface area contributed by atoms with Crippen molar-refractivity contribution < 1.29 is 4.42 Å². The highest BCUT2D eigenvalue weighted by Gasteiger charge is 2.30. The molecule has 5 nitrogen and oxygen atoms in total. The Morgan fingerprint density at radius 2 is 0.593 bits per heavy atom. The van der Waals surface area contributed by atoms with E-state index in [-0.39, 0.29) is 0 Å². The Morgan fingerprint density at radius 1 is 0.221 bits per heavy atom. The minimum atomic E-state index is 0.565. The summed E-state index contributed by atoms with van der Waals surface area (Å²) in [6.07, 6.45) is 0. The van der Waals surface area contributed by atoms with E-state index < -0.39 is 0 Å². The van der Waals surface area contributed by atoms with Gasteiger partial charge in [0, 0.05) is 61.1 Å². The van der Waals surface area contributed by atoms with Crippen LogP contribution in [0.2, 0.25) is 0 Å². The minimum Gasteiger partial charge on any atom is -0.456 e. The van der Waals surface area contributed by atoms with Crippen molar-refractivity contribution in [3.63, 3.8) is 0 Å². The van der Waals surface area contributed by atoms with Crippen molar-refractivity contribution in [1.82, 2.24) is 19.5 Å². The lowest BCUT2D eigenvalue weighted by molar-refractivity contribution is 0.669. The molecular formula is C81H50N4O. The quantitative estimate of drug-likeness (QED) is 0.135. The fourth-order valence-electron chi connectivity index (χ4n) is 13.4. The maximum absolute atomic E-state index is 7.25. The molecule has 3 aromatic heterocycles. The van der Waals surface area contributed by atoms with Gasteiger partial charge in [-0.05, 0) is 125 Å². The summed E-state index contributed by atoms with van der Waals surface area (Å²) in [6, 6.07) is 108. The molecule has 0 bridgehead atoms. The smallest absolute Gasteiger partial charge is 0.165 e. The molecule has 0 fully saturated rings. The first-order chi connectivity index (χ1) is 42.7. The second-order valence-electron chi connectivity index (χ2n) is 22.1. The predicted molar refractivity (Wildman–Crippen MR) is 357 cm³/mol. The lowest BCUT2D eigenvalue weighted by atomic mass is 9.77. The van der Waals surface area contributed by atoms with Crippen molar-refractivity contribution in [2.75, 3.05) is 0 Å². The Bertz CT molecular complexity index is 5330. The van der Waals surface area contributed by atoms with Gasteiger partial charge in [-0.15, -0.1) is 0 Å². The molecular weight excluding hydrogens is 1040 g/mol. The summed E-state index contributed by atoms with van der Waals surface area (Å²) in [5.74, 6) is 1.74. The van der Waals surface area contributed by atoms with E-state index >= 15 is 0 Å². The summed E-state index contributed by atoms with van der Waals surface area (Å²) < 4.78 is 9.64. The number of aromatic nitrogens is 4. The van der Waals surface area contributed by atoms with E-state index in [1.807, 2.05) is 36.4 Å². The lowest BCUT2D eigenvalue weighted by Crippen LogP contribution is -2.04. The van der Waals surface area contributed by atoms with Crippen LogP contribution in [0.25, 0.3) is 172 Å². The minimum absolute atomic E-state index is 0.565. The monoisotopic (exact) mass is 1090 g/mol. The third-order valence-corrected chi connectivity index (χ3v) is 17.2. The second kappa shape index (κ2) is 20.1. The van der Waals surface area contributed by atoms with Gasteiger partial charge in [0.1, 0.15) is 11.2 Å². The first-order valence-electron chi connectivity index (χ1n) is 29.2. The van der Waals surface area contributed by atoms with Crippen LogP contribution in [0.5, 0.6) is 0 Å². The highest BCUT2D eigenvalue weighted by Crippen LogP contribution is 2.55. The van der Waals surface area contributed by atoms with Crippen LogP contribution in [0.3, 0.4) is 0 Å². The Morgan fingerprint density at radius 3 is 1.07 bits per heavy atom. The first-order valence-corrected chi connectivity index (χ1v) is 29.2. The Kier molecular flexibility index (Phi) is 11.5. The van der Waals surface area contributed by atoms with E-state index in [1.54, 1.807) is 0 Å². The molecule has 14 aromatic carbocycles. The van der Waals surface area contributed by atoms with E-state index in [0.29, 0.717) is 17.5 Å². The summed E-state index contributed by atoms with van der Waals surface area (Å²) in [7, 11) is 0. The number of nitrogens with zero attached hydrogens (tertiary/aromatic N) is 4.